The van der Waals surface area contributed by atoms with Crippen molar-refractivity contribution in [1.82, 2.24) is 10.2 Å². The molecule has 3 aromatic rings. The van der Waals surface area contributed by atoms with Crippen molar-refractivity contribution in [3.63, 3.8) is 0 Å². The molecule has 0 heterocycles. The molecule has 0 aromatic heterocycles. The lowest BCUT2D eigenvalue weighted by Crippen LogP contribution is -2.54. The van der Waals surface area contributed by atoms with Crippen LogP contribution in [0.5, 0.6) is 0 Å². The predicted molar refractivity (Wildman–Crippen MR) is 154 cm³/mol. The first kappa shape index (κ1) is 29.7. The van der Waals surface area contributed by atoms with Gasteiger partial charge in [0.25, 0.3) is 10.0 Å². The summed E-state index contributed by atoms with van der Waals surface area (Å²) in [5.41, 5.74) is 0.506. The second-order valence-electron chi connectivity index (χ2n) is 9.87. The van der Waals surface area contributed by atoms with Gasteiger partial charge in [-0.1, -0.05) is 63.9 Å². The zero-order valence-electron chi connectivity index (χ0n) is 21.7. The van der Waals surface area contributed by atoms with E-state index in [9.17, 15) is 18.0 Å². The second-order valence-corrected chi connectivity index (χ2v) is 13.1. The van der Waals surface area contributed by atoms with E-state index in [2.05, 4.69) is 21.2 Å². The average molecular weight is 621 g/mol. The summed E-state index contributed by atoms with van der Waals surface area (Å²) in [6.45, 7) is 6.76. The average Bonchev–Trinajstić information content (AvgIpc) is 2.84. The highest BCUT2D eigenvalue weighted by molar-refractivity contribution is 9.10. The fourth-order valence-electron chi connectivity index (χ4n) is 3.77. The number of nitrogens with one attached hydrogen (secondary N) is 1. The van der Waals surface area contributed by atoms with Crippen LogP contribution in [0, 0.1) is 0 Å². The number of hydrogen-bond donors (Lipinski definition) is 1. The minimum Gasteiger partial charge on any atom is -0.350 e. The van der Waals surface area contributed by atoms with E-state index >= 15 is 0 Å². The van der Waals surface area contributed by atoms with Crippen molar-refractivity contribution in [2.45, 2.75) is 50.7 Å². The molecule has 3 rings (SSSR count). The van der Waals surface area contributed by atoms with E-state index in [0.717, 1.165) is 14.3 Å². The molecule has 10 heteroatoms. The Morgan fingerprint density at radius 3 is 2.24 bits per heavy atom. The summed E-state index contributed by atoms with van der Waals surface area (Å²) < 4.78 is 29.3. The van der Waals surface area contributed by atoms with Crippen molar-refractivity contribution >= 4 is 55.1 Å². The Hall–Kier alpha value is -2.88. The molecule has 3 aromatic carbocycles. The first-order valence-electron chi connectivity index (χ1n) is 12.0. The molecular formula is C28H31BrClN3O4S. The maximum atomic E-state index is 13.9. The zero-order valence-corrected chi connectivity index (χ0v) is 24.8. The van der Waals surface area contributed by atoms with Gasteiger partial charge in [0.15, 0.2) is 0 Å². The Labute approximate surface area is 238 Å². The maximum Gasteiger partial charge on any atom is 0.264 e. The Bertz CT molecular complexity index is 1390. The van der Waals surface area contributed by atoms with Crippen molar-refractivity contribution in [1.29, 1.82) is 0 Å². The Morgan fingerprint density at radius 2 is 1.63 bits per heavy atom. The lowest BCUT2D eigenvalue weighted by atomic mass is 10.1. The minimum atomic E-state index is -4.13. The van der Waals surface area contributed by atoms with E-state index in [0.29, 0.717) is 5.02 Å². The van der Waals surface area contributed by atoms with Crippen LogP contribution < -0.4 is 9.62 Å². The largest absolute Gasteiger partial charge is 0.350 e. The van der Waals surface area contributed by atoms with Gasteiger partial charge in [-0.15, -0.1) is 0 Å². The van der Waals surface area contributed by atoms with E-state index in [-0.39, 0.29) is 23.0 Å². The lowest BCUT2D eigenvalue weighted by molar-refractivity contribution is -0.140. The molecule has 202 valence electrons. The fourth-order valence-corrected chi connectivity index (χ4v) is 5.83. The van der Waals surface area contributed by atoms with Gasteiger partial charge < -0.3 is 10.2 Å². The van der Waals surface area contributed by atoms with Gasteiger partial charge in [-0.25, -0.2) is 8.42 Å². The van der Waals surface area contributed by atoms with Crippen LogP contribution in [0.4, 0.5) is 5.69 Å². The van der Waals surface area contributed by atoms with E-state index < -0.39 is 34.1 Å². The zero-order chi connectivity index (χ0) is 28.1. The number of hydrogen-bond acceptors (Lipinski definition) is 4. The number of benzene rings is 3. The summed E-state index contributed by atoms with van der Waals surface area (Å²) in [4.78, 5) is 28.4. The topological polar surface area (TPSA) is 86.8 Å². The van der Waals surface area contributed by atoms with Gasteiger partial charge in [0.05, 0.1) is 10.6 Å². The molecule has 38 heavy (non-hydrogen) atoms. The van der Waals surface area contributed by atoms with Crippen molar-refractivity contribution < 1.29 is 18.0 Å². The lowest BCUT2D eigenvalue weighted by Gasteiger charge is -2.33. The maximum absolute atomic E-state index is 13.9. The third-order valence-electron chi connectivity index (χ3n) is 5.61. The summed E-state index contributed by atoms with van der Waals surface area (Å²) >= 11 is 9.63. The molecule has 1 unspecified atom stereocenters. The van der Waals surface area contributed by atoms with Crippen LogP contribution in [0.1, 0.15) is 33.3 Å². The number of carbonyl (C=O) groups is 2. The molecule has 0 aliphatic heterocycles. The highest BCUT2D eigenvalue weighted by atomic mass is 79.9. The highest BCUT2D eigenvalue weighted by Crippen LogP contribution is 2.27. The van der Waals surface area contributed by atoms with Crippen molar-refractivity contribution in [2.24, 2.45) is 0 Å². The molecule has 1 N–H and O–H groups in total. The van der Waals surface area contributed by atoms with Crippen LogP contribution in [0.15, 0.2) is 88.2 Å². The summed E-state index contributed by atoms with van der Waals surface area (Å²) in [6, 6.07) is 20.7. The van der Waals surface area contributed by atoms with Crippen LogP contribution in [-0.2, 0) is 26.2 Å². The van der Waals surface area contributed by atoms with Crippen LogP contribution >= 0.6 is 27.5 Å². The molecule has 0 saturated heterocycles. The van der Waals surface area contributed by atoms with E-state index in [4.69, 9.17) is 11.6 Å². The third kappa shape index (κ3) is 7.82. The van der Waals surface area contributed by atoms with Crippen LogP contribution in [-0.4, -0.2) is 43.3 Å². The van der Waals surface area contributed by atoms with Gasteiger partial charge in [-0.2, -0.15) is 0 Å². The summed E-state index contributed by atoms with van der Waals surface area (Å²) in [5.74, 6) is -0.887. The van der Waals surface area contributed by atoms with Crippen LogP contribution in [0.3, 0.4) is 0 Å². The number of halogens is 2. The number of anilines is 1. The van der Waals surface area contributed by atoms with Gasteiger partial charge >= 0.3 is 0 Å². The third-order valence-corrected chi connectivity index (χ3v) is 8.13. The number of sulfonamides is 1. The van der Waals surface area contributed by atoms with Crippen LogP contribution in [0.2, 0.25) is 5.02 Å². The minimum absolute atomic E-state index is 0.0323. The predicted octanol–water partition coefficient (Wildman–Crippen LogP) is 5.63. The molecule has 0 spiro atoms. The monoisotopic (exact) mass is 619 g/mol. The van der Waals surface area contributed by atoms with E-state index in [1.807, 2.05) is 45.0 Å². The van der Waals surface area contributed by atoms with Crippen LogP contribution in [0.25, 0.3) is 0 Å². The second kappa shape index (κ2) is 12.3. The number of rotatable bonds is 9. The summed E-state index contributed by atoms with van der Waals surface area (Å²) in [7, 11) is -4.13. The Kier molecular flexibility index (Phi) is 9.62. The smallest absolute Gasteiger partial charge is 0.264 e. The molecule has 0 aliphatic carbocycles. The van der Waals surface area contributed by atoms with Crippen molar-refractivity contribution in [3.8, 4) is 0 Å². The molecule has 7 nitrogen and oxygen atoms in total. The van der Waals surface area contributed by atoms with Gasteiger partial charge in [-0.3, -0.25) is 13.9 Å². The van der Waals surface area contributed by atoms with Gasteiger partial charge in [-0.05, 0) is 75.7 Å². The molecule has 0 fully saturated rings. The van der Waals surface area contributed by atoms with E-state index in [1.54, 1.807) is 43.3 Å². The number of amides is 2. The number of nitrogens with zero attached hydrogens (tertiary/aromatic N) is 2. The standard InChI is InChI=1S/C28H31BrClN3O4S/c1-20(27(35)31-28(2,3)4)32(18-21-10-8-11-22(29)16-21)26(34)19-33(24-13-9-12-23(30)17-24)38(36,37)25-14-6-5-7-15-25/h5-17,20H,18-19H2,1-4H3,(H,31,35). The highest BCUT2D eigenvalue weighted by Gasteiger charge is 2.33. The van der Waals surface area contributed by atoms with Gasteiger partial charge in [0.1, 0.15) is 12.6 Å². The molecule has 2 amide bonds. The normalized spacial score (nSPS) is 12.5. The van der Waals surface area contributed by atoms with Gasteiger partial charge in [0, 0.05) is 21.6 Å². The molecule has 0 saturated carbocycles. The summed E-state index contributed by atoms with van der Waals surface area (Å²) in [5, 5.41) is 3.23. The fraction of sp³-hybridized carbons (Fsp3) is 0.286. The van der Waals surface area contributed by atoms with Crippen molar-refractivity contribution in [2.75, 3.05) is 10.8 Å². The quantitative estimate of drug-likeness (QED) is 0.336. The first-order chi connectivity index (χ1) is 17.8. The Morgan fingerprint density at radius 1 is 0.974 bits per heavy atom. The summed E-state index contributed by atoms with van der Waals surface area (Å²) in [6.07, 6.45) is 0. The molecule has 0 aliphatic rings. The van der Waals surface area contributed by atoms with Crippen molar-refractivity contribution in [3.05, 3.63) is 93.9 Å². The number of carbonyl (C=O) groups excluding carboxylic acids is 2. The van der Waals surface area contributed by atoms with E-state index in [1.165, 1.54) is 23.1 Å². The molecule has 0 radical (unpaired) electrons. The van der Waals surface area contributed by atoms with Gasteiger partial charge in [0.2, 0.25) is 11.8 Å². The SMILES string of the molecule is CC(C(=O)NC(C)(C)C)N(Cc1cccc(Br)c1)C(=O)CN(c1cccc(Cl)c1)S(=O)(=O)c1ccccc1. The first-order valence-corrected chi connectivity index (χ1v) is 14.6. The molecular weight excluding hydrogens is 590 g/mol. The molecule has 0 bridgehead atoms. The molecule has 1 atom stereocenters. The Balaban J connectivity index is 2.03.